The van der Waals surface area contributed by atoms with E-state index in [1.165, 1.54) is 0 Å². The molecule has 2 heterocycles. The molecule has 0 amide bonds. The normalized spacial score (nSPS) is 12.0. The molecule has 0 aliphatic rings. The average Bonchev–Trinajstić information content (AvgIpc) is 2.81. The summed E-state index contributed by atoms with van der Waals surface area (Å²) < 4.78 is 6.94. The van der Waals surface area contributed by atoms with Gasteiger partial charge in [0.2, 0.25) is 5.89 Å². The van der Waals surface area contributed by atoms with Crippen LogP contribution in [0.15, 0.2) is 17.0 Å². The third-order valence-corrected chi connectivity index (χ3v) is 2.52. The van der Waals surface area contributed by atoms with Crippen LogP contribution in [0.5, 0.6) is 0 Å². The number of rotatable bonds is 4. The van der Waals surface area contributed by atoms with Crippen molar-refractivity contribution in [1.82, 2.24) is 19.7 Å². The molecule has 0 aliphatic heterocycles. The fourth-order valence-corrected chi connectivity index (χ4v) is 1.70. The summed E-state index contributed by atoms with van der Waals surface area (Å²) in [7, 11) is 0. The van der Waals surface area contributed by atoms with E-state index in [9.17, 15) is 0 Å². The summed E-state index contributed by atoms with van der Waals surface area (Å²) in [5.74, 6) is 1.29. The van der Waals surface area contributed by atoms with E-state index in [-0.39, 0.29) is 0 Å². The summed E-state index contributed by atoms with van der Waals surface area (Å²) in [5, 5.41) is 3.86. The van der Waals surface area contributed by atoms with Crippen LogP contribution in [0.4, 0.5) is 0 Å². The van der Waals surface area contributed by atoms with Gasteiger partial charge in [-0.15, -0.1) is 0 Å². The van der Waals surface area contributed by atoms with Crippen LogP contribution >= 0.6 is 0 Å². The molecule has 0 aromatic carbocycles. The minimum atomic E-state index is -0.399. The third-order valence-electron chi connectivity index (χ3n) is 2.52. The first-order valence-corrected chi connectivity index (χ1v) is 5.55. The van der Waals surface area contributed by atoms with Crippen molar-refractivity contribution in [3.05, 3.63) is 29.9 Å². The first-order valence-electron chi connectivity index (χ1n) is 5.55. The zero-order chi connectivity index (χ0) is 12.5. The Hall–Kier alpha value is -1.69. The molecule has 6 heteroatoms. The Bertz CT molecular complexity index is 494. The van der Waals surface area contributed by atoms with Crippen LogP contribution in [0.2, 0.25) is 0 Å². The molecular weight excluding hydrogens is 218 g/mol. The van der Waals surface area contributed by atoms with Gasteiger partial charge in [-0.25, -0.2) is 4.98 Å². The van der Waals surface area contributed by atoms with E-state index in [1.54, 1.807) is 19.4 Å². The maximum Gasteiger partial charge on any atom is 0.223 e. The van der Waals surface area contributed by atoms with Crippen molar-refractivity contribution in [2.75, 3.05) is 0 Å². The molecule has 2 aromatic heterocycles. The van der Waals surface area contributed by atoms with Crippen LogP contribution in [0.3, 0.4) is 0 Å². The van der Waals surface area contributed by atoms with E-state index in [0.29, 0.717) is 18.1 Å². The lowest BCUT2D eigenvalue weighted by molar-refractivity contribution is 0.385. The molecule has 92 valence electrons. The number of imidazole rings is 1. The van der Waals surface area contributed by atoms with Crippen molar-refractivity contribution in [1.29, 1.82) is 0 Å². The number of aromatic nitrogens is 4. The van der Waals surface area contributed by atoms with Gasteiger partial charge in [0, 0.05) is 26.1 Å². The highest BCUT2D eigenvalue weighted by Crippen LogP contribution is 2.16. The number of hydrogen-bond donors (Lipinski definition) is 1. The summed E-state index contributed by atoms with van der Waals surface area (Å²) in [6.45, 7) is 6.44. The van der Waals surface area contributed by atoms with Crippen LogP contribution in [0.25, 0.3) is 0 Å². The molecule has 0 atom stereocenters. The summed E-state index contributed by atoms with van der Waals surface area (Å²) in [4.78, 5) is 8.28. The predicted molar refractivity (Wildman–Crippen MR) is 62.2 cm³/mol. The van der Waals surface area contributed by atoms with E-state index >= 15 is 0 Å². The lowest BCUT2D eigenvalue weighted by Crippen LogP contribution is -2.31. The van der Waals surface area contributed by atoms with Gasteiger partial charge in [0.25, 0.3) is 0 Å². The van der Waals surface area contributed by atoms with Crippen LogP contribution < -0.4 is 5.73 Å². The Labute approximate surface area is 99.8 Å². The second-order valence-electron chi connectivity index (χ2n) is 4.67. The Kier molecular flexibility index (Phi) is 2.97. The second-order valence-corrected chi connectivity index (χ2v) is 4.67. The minimum Gasteiger partial charge on any atom is -0.340 e. The smallest absolute Gasteiger partial charge is 0.223 e. The Morgan fingerprint density at radius 2 is 2.24 bits per heavy atom. The van der Waals surface area contributed by atoms with E-state index in [0.717, 1.165) is 12.2 Å². The highest BCUT2D eigenvalue weighted by molar-refractivity contribution is 5.10. The van der Waals surface area contributed by atoms with Crippen molar-refractivity contribution in [2.24, 2.45) is 5.73 Å². The van der Waals surface area contributed by atoms with Crippen LogP contribution in [-0.2, 0) is 18.5 Å². The average molecular weight is 235 g/mol. The molecule has 2 aromatic rings. The van der Waals surface area contributed by atoms with Gasteiger partial charge in [0.05, 0.1) is 17.6 Å². The van der Waals surface area contributed by atoms with E-state index in [1.807, 2.05) is 18.4 Å². The molecule has 0 saturated carbocycles. The summed E-state index contributed by atoms with van der Waals surface area (Å²) in [6, 6.07) is 0. The molecule has 2 N–H and O–H groups in total. The van der Waals surface area contributed by atoms with Gasteiger partial charge in [-0.3, -0.25) is 0 Å². The molecule has 0 radical (unpaired) electrons. The van der Waals surface area contributed by atoms with Crippen molar-refractivity contribution in [2.45, 2.75) is 39.3 Å². The summed E-state index contributed by atoms with van der Waals surface area (Å²) in [6.07, 6.45) is 4.27. The first kappa shape index (κ1) is 11.8. The highest BCUT2D eigenvalue weighted by Gasteiger charge is 2.19. The molecule has 0 spiro atoms. The maximum absolute atomic E-state index is 6.06. The number of nitrogens with two attached hydrogens (primary N) is 1. The van der Waals surface area contributed by atoms with E-state index in [2.05, 4.69) is 15.1 Å². The predicted octanol–water partition coefficient (Wildman–Crippen LogP) is 1.01. The van der Waals surface area contributed by atoms with Crippen LogP contribution in [0, 0.1) is 6.92 Å². The lowest BCUT2D eigenvalue weighted by Gasteiger charge is -2.20. The second kappa shape index (κ2) is 4.29. The van der Waals surface area contributed by atoms with Gasteiger partial charge in [0.1, 0.15) is 0 Å². The van der Waals surface area contributed by atoms with Crippen molar-refractivity contribution in [3.63, 3.8) is 0 Å². The molecule has 0 saturated heterocycles. The van der Waals surface area contributed by atoms with E-state index < -0.39 is 5.54 Å². The van der Waals surface area contributed by atoms with Gasteiger partial charge >= 0.3 is 0 Å². The zero-order valence-corrected chi connectivity index (χ0v) is 10.3. The van der Waals surface area contributed by atoms with Gasteiger partial charge in [-0.2, -0.15) is 4.98 Å². The fraction of sp³-hybridized carbons (Fsp3) is 0.545. The lowest BCUT2D eigenvalue weighted by atomic mass is 10.0. The van der Waals surface area contributed by atoms with Crippen LogP contribution in [0.1, 0.15) is 31.3 Å². The van der Waals surface area contributed by atoms with Gasteiger partial charge in [-0.1, -0.05) is 5.16 Å². The monoisotopic (exact) mass is 235 g/mol. The standard InChI is InChI=1S/C11H17N5O/c1-8-14-10(15-17-8)4-5-16-7-13-6-9(16)11(2,3)12/h6-7H,4-5,12H2,1-3H3. The molecule has 6 nitrogen and oxygen atoms in total. The number of nitrogens with zero attached hydrogens (tertiary/aromatic N) is 4. The first-order chi connectivity index (χ1) is 7.97. The molecular formula is C11H17N5O. The van der Waals surface area contributed by atoms with Gasteiger partial charge in [0.15, 0.2) is 5.82 Å². The zero-order valence-electron chi connectivity index (χ0n) is 10.3. The SMILES string of the molecule is Cc1nc(CCn2cncc2C(C)(C)N)no1. The molecule has 2 rings (SSSR count). The highest BCUT2D eigenvalue weighted by atomic mass is 16.5. The Morgan fingerprint density at radius 1 is 1.47 bits per heavy atom. The van der Waals surface area contributed by atoms with Crippen molar-refractivity contribution < 1.29 is 4.52 Å². The molecule has 0 aliphatic carbocycles. The quantitative estimate of drug-likeness (QED) is 0.855. The number of aryl methyl sites for hydroxylation is 3. The molecule has 0 unspecified atom stereocenters. The molecule has 0 fully saturated rings. The Morgan fingerprint density at radius 3 is 2.82 bits per heavy atom. The number of hydrogen-bond acceptors (Lipinski definition) is 5. The van der Waals surface area contributed by atoms with Crippen LogP contribution in [-0.4, -0.2) is 19.7 Å². The third kappa shape index (κ3) is 2.71. The summed E-state index contributed by atoms with van der Waals surface area (Å²) in [5.41, 5.74) is 6.66. The topological polar surface area (TPSA) is 82.8 Å². The van der Waals surface area contributed by atoms with Crippen molar-refractivity contribution in [3.8, 4) is 0 Å². The van der Waals surface area contributed by atoms with Gasteiger partial charge < -0.3 is 14.8 Å². The van der Waals surface area contributed by atoms with Gasteiger partial charge in [-0.05, 0) is 13.8 Å². The Balaban J connectivity index is 2.07. The van der Waals surface area contributed by atoms with Crippen molar-refractivity contribution >= 4 is 0 Å². The minimum absolute atomic E-state index is 0.399. The van der Waals surface area contributed by atoms with E-state index in [4.69, 9.17) is 10.3 Å². The molecule has 0 bridgehead atoms. The maximum atomic E-state index is 6.06. The largest absolute Gasteiger partial charge is 0.340 e. The summed E-state index contributed by atoms with van der Waals surface area (Å²) >= 11 is 0. The fourth-order valence-electron chi connectivity index (χ4n) is 1.70. The molecule has 17 heavy (non-hydrogen) atoms.